The fraction of sp³-hybridized carbons (Fsp3) is 0.500. The maximum absolute atomic E-state index is 11.2. The highest BCUT2D eigenvalue weighted by atomic mass is 16.5. The molecule has 0 unspecified atom stereocenters. The number of hydrogen-bond acceptors (Lipinski definition) is 4. The number of aromatic amines is 1. The monoisotopic (exact) mass is 226 g/mol. The Labute approximate surface area is 91.9 Å². The minimum absolute atomic E-state index is 0.263. The average molecular weight is 226 g/mol. The van der Waals surface area contributed by atoms with Crippen molar-refractivity contribution in [3.05, 3.63) is 33.1 Å². The number of carbonyl (C=O) groups is 1. The van der Waals surface area contributed by atoms with Gasteiger partial charge in [-0.15, -0.1) is 0 Å². The molecule has 6 heteroatoms. The zero-order valence-electron chi connectivity index (χ0n) is 9.06. The number of hydrogen-bond donors (Lipinski definition) is 1. The molecule has 6 nitrogen and oxygen atoms in total. The summed E-state index contributed by atoms with van der Waals surface area (Å²) in [6.07, 6.45) is 2.18. The SMILES string of the molecule is CCOC(=O)CCCn1ccc(=O)[nH]c1=O. The van der Waals surface area contributed by atoms with E-state index in [1.165, 1.54) is 16.8 Å². The van der Waals surface area contributed by atoms with Gasteiger partial charge in [-0.3, -0.25) is 14.6 Å². The highest BCUT2D eigenvalue weighted by Gasteiger charge is 2.02. The molecule has 1 rings (SSSR count). The highest BCUT2D eigenvalue weighted by Crippen LogP contribution is 1.94. The van der Waals surface area contributed by atoms with E-state index < -0.39 is 11.2 Å². The smallest absolute Gasteiger partial charge is 0.328 e. The highest BCUT2D eigenvalue weighted by molar-refractivity contribution is 5.69. The number of aromatic nitrogens is 2. The normalized spacial score (nSPS) is 10.1. The molecule has 1 aromatic rings. The molecule has 0 aliphatic carbocycles. The molecule has 0 bridgehead atoms. The molecule has 0 radical (unpaired) electrons. The first-order valence-electron chi connectivity index (χ1n) is 5.09. The van der Waals surface area contributed by atoms with Crippen molar-refractivity contribution >= 4 is 5.97 Å². The average Bonchev–Trinajstić information content (AvgIpc) is 2.22. The van der Waals surface area contributed by atoms with Crippen molar-refractivity contribution in [2.75, 3.05) is 6.61 Å². The predicted octanol–water partition coefficient (Wildman–Crippen LogP) is -0.120. The summed E-state index contributed by atoms with van der Waals surface area (Å²) in [6, 6.07) is 1.27. The van der Waals surface area contributed by atoms with Crippen LogP contribution in [0.25, 0.3) is 0 Å². The topological polar surface area (TPSA) is 81.2 Å². The largest absolute Gasteiger partial charge is 0.466 e. The number of nitrogens with zero attached hydrogens (tertiary/aromatic N) is 1. The second-order valence-corrected chi connectivity index (χ2v) is 3.21. The summed E-state index contributed by atoms with van der Waals surface area (Å²) in [4.78, 5) is 35.1. The molecule has 16 heavy (non-hydrogen) atoms. The van der Waals surface area contributed by atoms with Crippen LogP contribution >= 0.6 is 0 Å². The van der Waals surface area contributed by atoms with Crippen LogP contribution in [0.15, 0.2) is 21.9 Å². The third-order valence-electron chi connectivity index (χ3n) is 1.98. The lowest BCUT2D eigenvalue weighted by Gasteiger charge is -2.04. The zero-order valence-corrected chi connectivity index (χ0v) is 9.06. The number of rotatable bonds is 5. The first-order chi connectivity index (χ1) is 7.63. The van der Waals surface area contributed by atoms with Crippen molar-refractivity contribution in [3.8, 4) is 0 Å². The summed E-state index contributed by atoms with van der Waals surface area (Å²) in [5.41, 5.74) is -0.886. The first kappa shape index (κ1) is 12.2. The lowest BCUT2D eigenvalue weighted by molar-refractivity contribution is -0.143. The Balaban J connectivity index is 2.46. The fourth-order valence-electron chi connectivity index (χ4n) is 1.25. The number of ether oxygens (including phenoxy) is 1. The number of esters is 1. The molecule has 88 valence electrons. The molecule has 0 aromatic carbocycles. The molecule has 1 N–H and O–H groups in total. The van der Waals surface area contributed by atoms with Crippen molar-refractivity contribution in [3.63, 3.8) is 0 Å². The van der Waals surface area contributed by atoms with Crippen molar-refractivity contribution in [2.24, 2.45) is 0 Å². The van der Waals surface area contributed by atoms with Gasteiger partial charge in [0.1, 0.15) is 0 Å². The molecule has 0 amide bonds. The van der Waals surface area contributed by atoms with Gasteiger partial charge in [0.25, 0.3) is 5.56 Å². The van der Waals surface area contributed by atoms with E-state index in [1.807, 2.05) is 0 Å². The Bertz CT molecular complexity index is 460. The molecule has 1 aromatic heterocycles. The molecular weight excluding hydrogens is 212 g/mol. The van der Waals surface area contributed by atoms with Crippen molar-refractivity contribution < 1.29 is 9.53 Å². The maximum Gasteiger partial charge on any atom is 0.328 e. The molecule has 0 spiro atoms. The molecule has 0 fully saturated rings. The summed E-state index contributed by atoms with van der Waals surface area (Å²) < 4.78 is 6.09. The maximum atomic E-state index is 11.2. The van der Waals surface area contributed by atoms with Crippen LogP contribution in [0.3, 0.4) is 0 Å². The van der Waals surface area contributed by atoms with E-state index in [-0.39, 0.29) is 12.4 Å². The van der Waals surface area contributed by atoms with Crippen LogP contribution < -0.4 is 11.2 Å². The van der Waals surface area contributed by atoms with Gasteiger partial charge in [0, 0.05) is 25.2 Å². The van der Waals surface area contributed by atoms with E-state index in [0.29, 0.717) is 19.6 Å². The summed E-state index contributed by atoms with van der Waals surface area (Å²) >= 11 is 0. The predicted molar refractivity (Wildman–Crippen MR) is 57.2 cm³/mol. The number of carbonyl (C=O) groups excluding carboxylic acids is 1. The van der Waals surface area contributed by atoms with Gasteiger partial charge in [0.05, 0.1) is 6.61 Å². The van der Waals surface area contributed by atoms with Crippen LogP contribution in [0.4, 0.5) is 0 Å². The zero-order chi connectivity index (χ0) is 12.0. The molecule has 1 heterocycles. The Kier molecular flexibility index (Phi) is 4.50. The van der Waals surface area contributed by atoms with E-state index in [9.17, 15) is 14.4 Å². The van der Waals surface area contributed by atoms with Gasteiger partial charge in [-0.25, -0.2) is 4.79 Å². The lowest BCUT2D eigenvalue weighted by atomic mass is 10.3. The molecule has 0 aliphatic heterocycles. The summed E-state index contributed by atoms with van der Waals surface area (Å²) in [7, 11) is 0. The number of H-pyrrole nitrogens is 1. The van der Waals surface area contributed by atoms with E-state index >= 15 is 0 Å². The standard InChI is InChI=1S/C10H14N2O4/c1-2-16-9(14)4-3-6-12-7-5-8(13)11-10(12)15/h5,7H,2-4,6H2,1H3,(H,11,13,15). The molecular formula is C10H14N2O4. The molecule has 0 saturated carbocycles. The van der Waals surface area contributed by atoms with Crippen LogP contribution in [0.1, 0.15) is 19.8 Å². The van der Waals surface area contributed by atoms with Crippen LogP contribution in [0, 0.1) is 0 Å². The Hall–Kier alpha value is -1.85. The van der Waals surface area contributed by atoms with E-state index in [1.54, 1.807) is 6.92 Å². The summed E-state index contributed by atoms with van der Waals surface area (Å²) in [5.74, 6) is -0.278. The van der Waals surface area contributed by atoms with Crippen molar-refractivity contribution in [2.45, 2.75) is 26.3 Å². The third-order valence-corrected chi connectivity index (χ3v) is 1.98. The molecule has 0 saturated heterocycles. The number of aryl methyl sites for hydroxylation is 1. The quantitative estimate of drug-likeness (QED) is 0.710. The Morgan fingerprint density at radius 2 is 2.25 bits per heavy atom. The summed E-state index contributed by atoms with van der Waals surface area (Å²) in [6.45, 7) is 2.48. The van der Waals surface area contributed by atoms with Gasteiger partial charge in [-0.1, -0.05) is 0 Å². The van der Waals surface area contributed by atoms with Gasteiger partial charge >= 0.3 is 11.7 Å². The Morgan fingerprint density at radius 1 is 1.50 bits per heavy atom. The molecule has 0 atom stereocenters. The minimum atomic E-state index is -0.462. The summed E-state index contributed by atoms with van der Waals surface area (Å²) in [5, 5.41) is 0. The lowest BCUT2D eigenvalue weighted by Crippen LogP contribution is -2.28. The Morgan fingerprint density at radius 3 is 2.88 bits per heavy atom. The van der Waals surface area contributed by atoms with E-state index in [4.69, 9.17) is 4.74 Å². The number of nitrogens with one attached hydrogen (secondary N) is 1. The van der Waals surface area contributed by atoms with Crippen LogP contribution in [0.2, 0.25) is 0 Å². The van der Waals surface area contributed by atoms with Gasteiger partial charge in [-0.2, -0.15) is 0 Å². The van der Waals surface area contributed by atoms with Gasteiger partial charge in [-0.05, 0) is 13.3 Å². The second kappa shape index (κ2) is 5.89. The van der Waals surface area contributed by atoms with E-state index in [0.717, 1.165) is 0 Å². The van der Waals surface area contributed by atoms with E-state index in [2.05, 4.69) is 4.98 Å². The fourth-order valence-corrected chi connectivity index (χ4v) is 1.25. The second-order valence-electron chi connectivity index (χ2n) is 3.21. The first-order valence-corrected chi connectivity index (χ1v) is 5.09. The minimum Gasteiger partial charge on any atom is -0.466 e. The van der Waals surface area contributed by atoms with Crippen LogP contribution in [0.5, 0.6) is 0 Å². The van der Waals surface area contributed by atoms with Gasteiger partial charge in [0.2, 0.25) is 0 Å². The van der Waals surface area contributed by atoms with Crippen molar-refractivity contribution in [1.29, 1.82) is 0 Å². The van der Waals surface area contributed by atoms with Gasteiger partial charge < -0.3 is 9.30 Å². The van der Waals surface area contributed by atoms with Crippen LogP contribution in [-0.2, 0) is 16.1 Å². The van der Waals surface area contributed by atoms with Crippen LogP contribution in [-0.4, -0.2) is 22.1 Å². The van der Waals surface area contributed by atoms with Crippen molar-refractivity contribution in [1.82, 2.24) is 9.55 Å². The molecule has 0 aliphatic rings. The van der Waals surface area contributed by atoms with Gasteiger partial charge in [0.15, 0.2) is 0 Å². The third kappa shape index (κ3) is 3.72.